The van der Waals surface area contributed by atoms with E-state index in [-0.39, 0.29) is 23.8 Å². The van der Waals surface area contributed by atoms with Gasteiger partial charge in [0.2, 0.25) is 15.9 Å². The molecule has 0 fully saturated rings. The van der Waals surface area contributed by atoms with Crippen LogP contribution < -0.4 is 19.5 Å². The molecule has 1 amide bonds. The molecule has 0 atom stereocenters. The number of methoxy groups -OCH3 is 2. The van der Waals surface area contributed by atoms with Gasteiger partial charge in [0.25, 0.3) is 0 Å². The smallest absolute Gasteiger partial charge is 0.240 e. The van der Waals surface area contributed by atoms with Gasteiger partial charge in [-0.3, -0.25) is 4.79 Å². The Kier molecular flexibility index (Phi) is 8.56. The van der Waals surface area contributed by atoms with Crippen LogP contribution in [0.4, 0.5) is 0 Å². The maximum absolute atomic E-state index is 12.2. The van der Waals surface area contributed by atoms with Crippen LogP contribution >= 0.6 is 0 Å². The second kappa shape index (κ2) is 10.1. The highest BCUT2D eigenvalue weighted by atomic mass is 32.2. The largest absolute Gasteiger partial charge is 0.493 e. The van der Waals surface area contributed by atoms with Crippen LogP contribution in [0.2, 0.25) is 0 Å². The van der Waals surface area contributed by atoms with E-state index in [0.717, 1.165) is 19.3 Å². The molecule has 0 saturated heterocycles. The lowest BCUT2D eigenvalue weighted by molar-refractivity contribution is -0.120. The highest BCUT2D eigenvalue weighted by Crippen LogP contribution is 2.29. The van der Waals surface area contributed by atoms with Crippen LogP contribution in [-0.4, -0.2) is 41.6 Å². The first-order valence-corrected chi connectivity index (χ1v) is 9.41. The molecule has 1 aromatic rings. The minimum absolute atomic E-state index is 0.0380. The SMILES string of the molecule is CCCCCNC(=O)CCNS(=O)(=O)c1ccc(OC)c(OC)c1. The maximum Gasteiger partial charge on any atom is 0.240 e. The number of rotatable bonds is 11. The van der Waals surface area contributed by atoms with Crippen LogP contribution in [0.25, 0.3) is 0 Å². The molecule has 1 aromatic carbocycles. The second-order valence-electron chi connectivity index (χ2n) is 5.22. The molecule has 0 aliphatic heterocycles. The molecular weight excluding hydrogens is 332 g/mol. The Morgan fingerprint density at radius 2 is 1.79 bits per heavy atom. The Morgan fingerprint density at radius 3 is 2.42 bits per heavy atom. The minimum atomic E-state index is -3.71. The molecule has 0 aliphatic carbocycles. The lowest BCUT2D eigenvalue weighted by Gasteiger charge is -2.11. The van der Waals surface area contributed by atoms with Crippen molar-refractivity contribution in [2.45, 2.75) is 37.5 Å². The summed E-state index contributed by atoms with van der Waals surface area (Å²) >= 11 is 0. The molecule has 0 unspecified atom stereocenters. The fraction of sp³-hybridized carbons (Fsp3) is 0.562. The Labute approximate surface area is 143 Å². The number of unbranched alkanes of at least 4 members (excludes halogenated alkanes) is 2. The molecule has 136 valence electrons. The van der Waals surface area contributed by atoms with Gasteiger partial charge in [0.15, 0.2) is 11.5 Å². The predicted octanol–water partition coefficient (Wildman–Crippen LogP) is 1.68. The van der Waals surface area contributed by atoms with Gasteiger partial charge >= 0.3 is 0 Å². The third kappa shape index (κ3) is 6.37. The van der Waals surface area contributed by atoms with Gasteiger partial charge in [-0.15, -0.1) is 0 Å². The van der Waals surface area contributed by atoms with Crippen molar-refractivity contribution in [3.05, 3.63) is 18.2 Å². The van der Waals surface area contributed by atoms with Crippen molar-refractivity contribution >= 4 is 15.9 Å². The van der Waals surface area contributed by atoms with Crippen molar-refractivity contribution in [1.29, 1.82) is 0 Å². The fourth-order valence-electron chi connectivity index (χ4n) is 2.06. The molecule has 1 rings (SSSR count). The van der Waals surface area contributed by atoms with E-state index >= 15 is 0 Å². The molecule has 0 spiro atoms. The number of ether oxygens (including phenoxy) is 2. The van der Waals surface area contributed by atoms with E-state index < -0.39 is 10.0 Å². The number of carbonyl (C=O) groups excluding carboxylic acids is 1. The van der Waals surface area contributed by atoms with Gasteiger partial charge in [0, 0.05) is 25.6 Å². The molecule has 8 heteroatoms. The average Bonchev–Trinajstić information content (AvgIpc) is 2.57. The van der Waals surface area contributed by atoms with Gasteiger partial charge in [-0.2, -0.15) is 0 Å². The number of hydrogen-bond acceptors (Lipinski definition) is 5. The Balaban J connectivity index is 2.53. The van der Waals surface area contributed by atoms with Gasteiger partial charge in [-0.25, -0.2) is 13.1 Å². The summed E-state index contributed by atoms with van der Waals surface area (Å²) in [6.45, 7) is 2.75. The molecule has 2 N–H and O–H groups in total. The van der Waals surface area contributed by atoms with E-state index in [4.69, 9.17) is 9.47 Å². The molecule has 0 radical (unpaired) electrons. The van der Waals surface area contributed by atoms with Gasteiger partial charge in [-0.05, 0) is 18.6 Å². The third-order valence-electron chi connectivity index (χ3n) is 3.41. The van der Waals surface area contributed by atoms with Crippen molar-refractivity contribution in [3.63, 3.8) is 0 Å². The van der Waals surface area contributed by atoms with E-state index in [1.54, 1.807) is 0 Å². The molecule has 0 bridgehead atoms. The van der Waals surface area contributed by atoms with Crippen molar-refractivity contribution in [2.24, 2.45) is 0 Å². The lowest BCUT2D eigenvalue weighted by Crippen LogP contribution is -2.31. The van der Waals surface area contributed by atoms with E-state index in [9.17, 15) is 13.2 Å². The quantitative estimate of drug-likeness (QED) is 0.587. The van der Waals surface area contributed by atoms with Crippen LogP contribution in [0.3, 0.4) is 0 Å². The average molecular weight is 358 g/mol. The highest BCUT2D eigenvalue weighted by molar-refractivity contribution is 7.89. The first-order valence-electron chi connectivity index (χ1n) is 7.93. The van der Waals surface area contributed by atoms with E-state index in [1.165, 1.54) is 32.4 Å². The summed E-state index contributed by atoms with van der Waals surface area (Å²) in [7, 11) is -0.798. The third-order valence-corrected chi connectivity index (χ3v) is 4.87. The number of benzene rings is 1. The highest BCUT2D eigenvalue weighted by Gasteiger charge is 2.17. The van der Waals surface area contributed by atoms with Crippen molar-refractivity contribution in [3.8, 4) is 11.5 Å². The molecule has 7 nitrogen and oxygen atoms in total. The Hall–Kier alpha value is -1.80. The fourth-order valence-corrected chi connectivity index (χ4v) is 3.10. The van der Waals surface area contributed by atoms with Crippen molar-refractivity contribution in [1.82, 2.24) is 10.0 Å². The number of hydrogen-bond donors (Lipinski definition) is 2. The summed E-state index contributed by atoms with van der Waals surface area (Å²) in [5.41, 5.74) is 0. The Morgan fingerprint density at radius 1 is 1.08 bits per heavy atom. The zero-order valence-electron chi connectivity index (χ0n) is 14.4. The number of nitrogens with one attached hydrogen (secondary N) is 2. The first kappa shape index (κ1) is 20.2. The zero-order chi connectivity index (χ0) is 18.0. The summed E-state index contributed by atoms with van der Waals surface area (Å²) in [6, 6.07) is 4.33. The van der Waals surface area contributed by atoms with Crippen LogP contribution in [0, 0.1) is 0 Å². The standard InChI is InChI=1S/C16H26N2O5S/c1-4-5-6-10-17-16(19)9-11-18-24(20,21)13-7-8-14(22-2)15(12-13)23-3/h7-8,12,18H,4-6,9-11H2,1-3H3,(H,17,19). The molecule has 0 aliphatic rings. The normalized spacial score (nSPS) is 11.1. The van der Waals surface area contributed by atoms with Crippen molar-refractivity contribution < 1.29 is 22.7 Å². The predicted molar refractivity (Wildman–Crippen MR) is 91.9 cm³/mol. The van der Waals surface area contributed by atoms with Crippen molar-refractivity contribution in [2.75, 3.05) is 27.3 Å². The first-order chi connectivity index (χ1) is 11.4. The van der Waals surface area contributed by atoms with E-state index in [0.29, 0.717) is 18.0 Å². The molecule has 0 aromatic heterocycles. The number of sulfonamides is 1. The van der Waals surface area contributed by atoms with E-state index in [2.05, 4.69) is 17.0 Å². The summed E-state index contributed by atoms with van der Waals surface area (Å²) < 4.78 is 37.1. The van der Waals surface area contributed by atoms with Gasteiger partial charge in [0.1, 0.15) is 0 Å². The van der Waals surface area contributed by atoms with Gasteiger partial charge in [0.05, 0.1) is 19.1 Å². The van der Waals surface area contributed by atoms with Crippen LogP contribution in [0.15, 0.2) is 23.1 Å². The molecule has 24 heavy (non-hydrogen) atoms. The maximum atomic E-state index is 12.2. The van der Waals surface area contributed by atoms with Gasteiger partial charge < -0.3 is 14.8 Å². The Bertz CT molecular complexity index is 631. The molecular formula is C16H26N2O5S. The van der Waals surface area contributed by atoms with Crippen LogP contribution in [0.5, 0.6) is 11.5 Å². The summed E-state index contributed by atoms with van der Waals surface area (Å²) in [5, 5.41) is 2.77. The summed E-state index contributed by atoms with van der Waals surface area (Å²) in [4.78, 5) is 11.7. The van der Waals surface area contributed by atoms with E-state index in [1.807, 2.05) is 0 Å². The monoisotopic (exact) mass is 358 g/mol. The molecule has 0 saturated carbocycles. The summed E-state index contributed by atoms with van der Waals surface area (Å²) in [6.07, 6.45) is 3.17. The summed E-state index contributed by atoms with van der Waals surface area (Å²) in [5.74, 6) is 0.609. The van der Waals surface area contributed by atoms with Crippen LogP contribution in [-0.2, 0) is 14.8 Å². The number of carbonyl (C=O) groups is 1. The molecule has 0 heterocycles. The minimum Gasteiger partial charge on any atom is -0.493 e. The second-order valence-corrected chi connectivity index (χ2v) is 6.99. The van der Waals surface area contributed by atoms with Gasteiger partial charge in [-0.1, -0.05) is 19.8 Å². The number of amides is 1. The van der Waals surface area contributed by atoms with Crippen LogP contribution in [0.1, 0.15) is 32.6 Å². The lowest BCUT2D eigenvalue weighted by atomic mass is 10.2. The topological polar surface area (TPSA) is 93.7 Å². The zero-order valence-corrected chi connectivity index (χ0v) is 15.2.